The van der Waals surface area contributed by atoms with Crippen LogP contribution in [0, 0.1) is 23.0 Å². The van der Waals surface area contributed by atoms with E-state index < -0.39 is 11.6 Å². The highest BCUT2D eigenvalue weighted by molar-refractivity contribution is 5.49. The van der Waals surface area contributed by atoms with E-state index in [2.05, 4.69) is 0 Å². The van der Waals surface area contributed by atoms with E-state index >= 15 is 0 Å². The van der Waals surface area contributed by atoms with Crippen molar-refractivity contribution in [2.45, 2.75) is 6.42 Å². The average molecular weight is 179 g/mol. The molecule has 0 aromatic heterocycles. The van der Waals surface area contributed by atoms with Crippen LogP contribution in [0.4, 0.5) is 8.78 Å². The molecule has 0 N–H and O–H groups in total. The summed E-state index contributed by atoms with van der Waals surface area (Å²) < 4.78 is 25.2. The van der Waals surface area contributed by atoms with E-state index in [0.29, 0.717) is 5.56 Å². The van der Waals surface area contributed by atoms with Crippen LogP contribution in [0.15, 0.2) is 24.3 Å². The SMILES string of the molecule is N#CCC=Cc1cc(F)cc(F)c1. The Morgan fingerprint density at radius 3 is 2.38 bits per heavy atom. The Hall–Kier alpha value is -1.69. The zero-order chi connectivity index (χ0) is 9.68. The van der Waals surface area contributed by atoms with E-state index in [4.69, 9.17) is 5.26 Å². The highest BCUT2D eigenvalue weighted by Gasteiger charge is 1.96. The second kappa shape index (κ2) is 4.36. The molecule has 0 radical (unpaired) electrons. The van der Waals surface area contributed by atoms with E-state index in [0.717, 1.165) is 6.07 Å². The van der Waals surface area contributed by atoms with Crippen molar-refractivity contribution in [3.8, 4) is 6.07 Å². The topological polar surface area (TPSA) is 23.8 Å². The summed E-state index contributed by atoms with van der Waals surface area (Å²) in [4.78, 5) is 0. The Kier molecular flexibility index (Phi) is 3.15. The van der Waals surface area contributed by atoms with Crippen molar-refractivity contribution in [3.63, 3.8) is 0 Å². The molecule has 0 aliphatic heterocycles. The molecule has 0 aliphatic carbocycles. The van der Waals surface area contributed by atoms with E-state index in [1.54, 1.807) is 6.08 Å². The smallest absolute Gasteiger partial charge is 0.126 e. The molecule has 0 saturated carbocycles. The maximum Gasteiger partial charge on any atom is 0.126 e. The summed E-state index contributed by atoms with van der Waals surface area (Å²) in [5.74, 6) is -1.23. The van der Waals surface area contributed by atoms with Gasteiger partial charge >= 0.3 is 0 Å². The minimum atomic E-state index is -0.614. The molecule has 0 amide bonds. The van der Waals surface area contributed by atoms with Gasteiger partial charge in [0.2, 0.25) is 0 Å². The van der Waals surface area contributed by atoms with E-state index in [9.17, 15) is 8.78 Å². The van der Waals surface area contributed by atoms with Gasteiger partial charge in [-0.05, 0) is 17.7 Å². The van der Waals surface area contributed by atoms with Crippen molar-refractivity contribution >= 4 is 6.08 Å². The largest absolute Gasteiger partial charge is 0.207 e. The van der Waals surface area contributed by atoms with Gasteiger partial charge in [0.15, 0.2) is 0 Å². The first kappa shape index (κ1) is 9.40. The highest BCUT2D eigenvalue weighted by Crippen LogP contribution is 2.09. The number of rotatable bonds is 2. The molecule has 1 nitrogen and oxygen atoms in total. The number of nitrogens with zero attached hydrogens (tertiary/aromatic N) is 1. The standard InChI is InChI=1S/C10H7F2N/c11-9-5-8(3-1-2-4-13)6-10(12)7-9/h1,3,5-7H,2H2. The molecule has 1 rings (SSSR count). The number of allylic oxidation sites excluding steroid dienone is 1. The van der Waals surface area contributed by atoms with E-state index in [1.807, 2.05) is 6.07 Å². The highest BCUT2D eigenvalue weighted by atomic mass is 19.1. The van der Waals surface area contributed by atoms with Gasteiger partial charge < -0.3 is 0 Å². The van der Waals surface area contributed by atoms with Crippen LogP contribution in [-0.2, 0) is 0 Å². The average Bonchev–Trinajstić information content (AvgIpc) is 2.03. The maximum atomic E-state index is 12.6. The molecule has 1 aromatic carbocycles. The van der Waals surface area contributed by atoms with Gasteiger partial charge in [0.05, 0.1) is 12.5 Å². The van der Waals surface area contributed by atoms with Crippen LogP contribution < -0.4 is 0 Å². The van der Waals surface area contributed by atoms with E-state index in [-0.39, 0.29) is 6.42 Å². The molecule has 0 heterocycles. The van der Waals surface area contributed by atoms with Gasteiger partial charge in [-0.1, -0.05) is 12.2 Å². The minimum Gasteiger partial charge on any atom is -0.207 e. The first-order chi connectivity index (χ1) is 6.22. The number of hydrogen-bond donors (Lipinski definition) is 0. The lowest BCUT2D eigenvalue weighted by Gasteiger charge is -1.94. The lowest BCUT2D eigenvalue weighted by molar-refractivity contribution is 0.583. The van der Waals surface area contributed by atoms with Crippen molar-refractivity contribution in [1.29, 1.82) is 5.26 Å². The fourth-order valence-electron chi connectivity index (χ4n) is 0.919. The number of nitriles is 1. The van der Waals surface area contributed by atoms with Crippen LogP contribution in [-0.4, -0.2) is 0 Å². The summed E-state index contributed by atoms with van der Waals surface area (Å²) in [7, 11) is 0. The molecule has 0 saturated heterocycles. The molecule has 0 fully saturated rings. The quantitative estimate of drug-likeness (QED) is 0.684. The summed E-state index contributed by atoms with van der Waals surface area (Å²) in [6.07, 6.45) is 3.29. The zero-order valence-electron chi connectivity index (χ0n) is 6.80. The third-order valence-corrected chi connectivity index (χ3v) is 1.40. The van der Waals surface area contributed by atoms with Crippen molar-refractivity contribution in [1.82, 2.24) is 0 Å². The van der Waals surface area contributed by atoms with Crippen LogP contribution >= 0.6 is 0 Å². The lowest BCUT2D eigenvalue weighted by Crippen LogP contribution is -1.81. The molecule has 0 unspecified atom stereocenters. The predicted molar refractivity (Wildman–Crippen MR) is 45.6 cm³/mol. The van der Waals surface area contributed by atoms with Crippen molar-refractivity contribution in [2.75, 3.05) is 0 Å². The Morgan fingerprint density at radius 2 is 1.85 bits per heavy atom. The van der Waals surface area contributed by atoms with Gasteiger partial charge in [0.1, 0.15) is 11.6 Å². The molecule has 1 aromatic rings. The van der Waals surface area contributed by atoms with Gasteiger partial charge in [-0.3, -0.25) is 0 Å². The van der Waals surface area contributed by atoms with Crippen LogP contribution in [0.5, 0.6) is 0 Å². The van der Waals surface area contributed by atoms with Crippen LogP contribution in [0.3, 0.4) is 0 Å². The van der Waals surface area contributed by atoms with Gasteiger partial charge in [-0.15, -0.1) is 0 Å². The second-order valence-electron chi connectivity index (χ2n) is 2.47. The molecular weight excluding hydrogens is 172 g/mol. The van der Waals surface area contributed by atoms with Crippen molar-refractivity contribution in [2.24, 2.45) is 0 Å². The molecule has 0 bridgehead atoms. The summed E-state index contributed by atoms with van der Waals surface area (Å²) in [5.41, 5.74) is 0.424. The number of hydrogen-bond acceptors (Lipinski definition) is 1. The van der Waals surface area contributed by atoms with Crippen LogP contribution in [0.1, 0.15) is 12.0 Å². The van der Waals surface area contributed by atoms with Gasteiger partial charge in [-0.25, -0.2) is 8.78 Å². The summed E-state index contributed by atoms with van der Waals surface area (Å²) >= 11 is 0. The Bertz CT molecular complexity index is 343. The number of halogens is 2. The number of benzene rings is 1. The maximum absolute atomic E-state index is 12.6. The summed E-state index contributed by atoms with van der Waals surface area (Å²) in [5, 5.41) is 8.20. The molecule has 13 heavy (non-hydrogen) atoms. The molecular formula is C10H7F2N. The molecule has 0 atom stereocenters. The molecule has 0 aliphatic rings. The molecule has 3 heteroatoms. The Balaban J connectivity index is 2.84. The summed E-state index contributed by atoms with van der Waals surface area (Å²) in [6.45, 7) is 0. The monoisotopic (exact) mass is 179 g/mol. The van der Waals surface area contributed by atoms with Crippen LogP contribution in [0.2, 0.25) is 0 Å². The van der Waals surface area contributed by atoms with Crippen LogP contribution in [0.25, 0.3) is 6.08 Å². The Morgan fingerprint density at radius 1 is 1.23 bits per heavy atom. The molecule has 0 spiro atoms. The molecule has 66 valence electrons. The zero-order valence-corrected chi connectivity index (χ0v) is 6.80. The lowest BCUT2D eigenvalue weighted by atomic mass is 10.2. The van der Waals surface area contributed by atoms with Crippen molar-refractivity contribution in [3.05, 3.63) is 41.5 Å². The van der Waals surface area contributed by atoms with Crippen molar-refractivity contribution < 1.29 is 8.78 Å². The first-order valence-electron chi connectivity index (χ1n) is 3.72. The Labute approximate surface area is 74.9 Å². The summed E-state index contributed by atoms with van der Waals surface area (Å²) in [6, 6.07) is 5.11. The third kappa shape index (κ3) is 3.04. The van der Waals surface area contributed by atoms with E-state index in [1.165, 1.54) is 18.2 Å². The third-order valence-electron chi connectivity index (χ3n) is 1.40. The fourth-order valence-corrected chi connectivity index (χ4v) is 0.919. The van der Waals surface area contributed by atoms with Gasteiger partial charge in [0, 0.05) is 6.07 Å². The minimum absolute atomic E-state index is 0.234. The second-order valence-corrected chi connectivity index (χ2v) is 2.47. The fraction of sp³-hybridized carbons (Fsp3) is 0.100. The predicted octanol–water partition coefficient (Wildman–Crippen LogP) is 2.89. The van der Waals surface area contributed by atoms with Gasteiger partial charge in [0.25, 0.3) is 0 Å². The van der Waals surface area contributed by atoms with Gasteiger partial charge in [-0.2, -0.15) is 5.26 Å². The first-order valence-corrected chi connectivity index (χ1v) is 3.72. The normalized spacial score (nSPS) is 10.2.